The molecule has 0 aromatic heterocycles. The van der Waals surface area contributed by atoms with Crippen molar-refractivity contribution in [3.63, 3.8) is 0 Å². The molecule has 0 spiro atoms. The number of carbonyl (C=O) groups is 1. The Morgan fingerprint density at radius 3 is 1.27 bits per heavy atom. The van der Waals surface area contributed by atoms with Crippen molar-refractivity contribution in [3.8, 4) is 0 Å². The van der Waals surface area contributed by atoms with E-state index in [1.54, 1.807) is 6.08 Å². The summed E-state index contributed by atoms with van der Waals surface area (Å²) in [6.07, 6.45) is 38.1. The molecule has 88 heavy (non-hydrogen) atoms. The number of hydrogen-bond acceptors (Lipinski definition) is 18. The number of rotatable bonds is 49. The van der Waals surface area contributed by atoms with Crippen molar-refractivity contribution >= 4 is 5.91 Å². The average Bonchev–Trinajstić information content (AvgIpc) is 3.71. The van der Waals surface area contributed by atoms with E-state index in [0.29, 0.717) is 12.8 Å². The Kier molecular flexibility index (Phi) is 45.1. The smallest absolute Gasteiger partial charge is 0.220 e. The zero-order valence-electron chi connectivity index (χ0n) is 53.2. The topological polar surface area (TPSA) is 307 Å². The van der Waals surface area contributed by atoms with Crippen molar-refractivity contribution in [3.05, 3.63) is 97.2 Å². The van der Waals surface area contributed by atoms with Crippen molar-refractivity contribution in [1.82, 2.24) is 5.32 Å². The fraction of sp³-hybridized carbons (Fsp3) is 0.754. The highest BCUT2D eigenvalue weighted by Crippen LogP contribution is 2.33. The Bertz CT molecular complexity index is 1970. The van der Waals surface area contributed by atoms with Gasteiger partial charge in [-0.05, 0) is 89.9 Å². The number of ether oxygens (including phenoxy) is 6. The monoisotopic (exact) mass is 1250 g/mol. The molecule has 3 aliphatic rings. The number of allylic oxidation sites excluding steroid dienone is 15. The number of aliphatic hydroxyl groups is 11. The number of unbranched alkanes of at least 4 members (excludes halogenated alkanes) is 19. The predicted molar refractivity (Wildman–Crippen MR) is 341 cm³/mol. The van der Waals surface area contributed by atoms with Crippen molar-refractivity contribution < 1.29 is 89.4 Å². The summed E-state index contributed by atoms with van der Waals surface area (Å²) in [6, 6.07) is -1.02. The molecule has 17 unspecified atom stereocenters. The molecule has 506 valence electrons. The highest BCUT2D eigenvalue weighted by Gasteiger charge is 2.53. The maximum absolute atomic E-state index is 13.4. The Morgan fingerprint density at radius 1 is 0.420 bits per heavy atom. The van der Waals surface area contributed by atoms with Crippen LogP contribution in [0.3, 0.4) is 0 Å². The minimum Gasteiger partial charge on any atom is -0.394 e. The molecule has 0 aromatic carbocycles. The fourth-order valence-electron chi connectivity index (χ4n) is 10.7. The van der Waals surface area contributed by atoms with Gasteiger partial charge in [-0.15, -0.1) is 0 Å². The second-order valence-electron chi connectivity index (χ2n) is 23.5. The van der Waals surface area contributed by atoms with Crippen LogP contribution in [-0.4, -0.2) is 193 Å². The molecular weight excluding hydrogens is 1130 g/mol. The lowest BCUT2D eigenvalue weighted by atomic mass is 9.96. The number of nitrogens with one attached hydrogen (secondary N) is 1. The van der Waals surface area contributed by atoms with Crippen LogP contribution in [0.1, 0.15) is 200 Å². The van der Waals surface area contributed by atoms with Crippen LogP contribution < -0.4 is 5.32 Å². The van der Waals surface area contributed by atoms with Crippen LogP contribution in [-0.2, 0) is 33.2 Å². The minimum absolute atomic E-state index is 0.187. The molecule has 1 amide bonds. The lowest BCUT2D eigenvalue weighted by Gasteiger charge is -2.48. The molecule has 0 saturated carbocycles. The molecule has 3 aliphatic heterocycles. The predicted octanol–water partition coefficient (Wildman–Crippen LogP) is 8.10. The normalized spacial score (nSPS) is 29.0. The first-order valence-corrected chi connectivity index (χ1v) is 33.5. The van der Waals surface area contributed by atoms with Crippen molar-refractivity contribution in [2.24, 2.45) is 0 Å². The lowest BCUT2D eigenvalue weighted by molar-refractivity contribution is -0.379. The summed E-state index contributed by atoms with van der Waals surface area (Å²) in [5, 5.41) is 120. The van der Waals surface area contributed by atoms with Gasteiger partial charge >= 0.3 is 0 Å². The van der Waals surface area contributed by atoms with Crippen LogP contribution in [0.2, 0.25) is 0 Å². The third-order valence-electron chi connectivity index (χ3n) is 16.1. The van der Waals surface area contributed by atoms with Gasteiger partial charge in [0.25, 0.3) is 0 Å². The maximum Gasteiger partial charge on any atom is 0.220 e. The van der Waals surface area contributed by atoms with E-state index in [1.807, 2.05) is 6.08 Å². The Labute approximate surface area is 526 Å². The second-order valence-corrected chi connectivity index (χ2v) is 23.5. The number of carbonyl (C=O) groups excluding carboxylic acids is 1. The highest BCUT2D eigenvalue weighted by molar-refractivity contribution is 5.76. The quantitative estimate of drug-likeness (QED) is 0.0202. The van der Waals surface area contributed by atoms with Gasteiger partial charge in [0.05, 0.1) is 38.6 Å². The van der Waals surface area contributed by atoms with E-state index in [-0.39, 0.29) is 12.3 Å². The summed E-state index contributed by atoms with van der Waals surface area (Å²) < 4.78 is 34.3. The first kappa shape index (κ1) is 78.9. The molecule has 3 heterocycles. The molecule has 3 saturated heterocycles. The summed E-state index contributed by atoms with van der Waals surface area (Å²) in [4.78, 5) is 13.4. The summed E-state index contributed by atoms with van der Waals surface area (Å²) in [7, 11) is 0. The molecule has 0 bridgehead atoms. The standard InChI is InChI=1S/C69H117NO18/c1-3-5-7-9-11-13-15-17-19-21-23-24-25-26-27-29-30-32-34-36-38-40-42-44-46-53(74)52(70-57(75)47-45-43-41-39-37-35-33-31-28-22-20-18-16-14-12-10-8-6-4-2)51-83-67-63(81)60(78)65(55(49-72)85-67)88-69-64(82)61(79)66(56(50-73)86-69)87-68-62(80)59(77)58(76)54(48-71)84-68/h6,8,12,14,18,20,28-31,35-38,44,46,52-56,58-69,71-74,76-82H,3-5,7,9-11,13,15-17,19,21-27,32-34,39-43,45,47-51H2,1-2H3,(H,70,75)/b8-6-,14-12-,20-18-,30-29+,31-28-,37-35-,38-36+,46-44+. The Balaban J connectivity index is 1.49. The van der Waals surface area contributed by atoms with Crippen LogP contribution in [0.5, 0.6) is 0 Å². The summed E-state index contributed by atoms with van der Waals surface area (Å²) in [5.41, 5.74) is 0. The van der Waals surface area contributed by atoms with Crippen molar-refractivity contribution in [2.75, 3.05) is 26.4 Å². The fourth-order valence-corrected chi connectivity index (χ4v) is 10.7. The third-order valence-corrected chi connectivity index (χ3v) is 16.1. The van der Waals surface area contributed by atoms with E-state index >= 15 is 0 Å². The molecule has 0 aromatic rings. The minimum atomic E-state index is -1.99. The van der Waals surface area contributed by atoms with Gasteiger partial charge in [0.2, 0.25) is 5.91 Å². The first-order chi connectivity index (χ1) is 42.8. The summed E-state index contributed by atoms with van der Waals surface area (Å²) >= 11 is 0. The third kappa shape index (κ3) is 32.3. The number of hydrogen-bond donors (Lipinski definition) is 12. The Hall–Kier alpha value is -3.29. The number of aliphatic hydroxyl groups excluding tert-OH is 11. The molecule has 0 radical (unpaired) electrons. The van der Waals surface area contributed by atoms with Gasteiger partial charge in [0, 0.05) is 6.42 Å². The van der Waals surface area contributed by atoms with Gasteiger partial charge in [-0.1, -0.05) is 201 Å². The Morgan fingerprint density at radius 2 is 0.795 bits per heavy atom. The van der Waals surface area contributed by atoms with Gasteiger partial charge in [-0.25, -0.2) is 0 Å². The van der Waals surface area contributed by atoms with E-state index in [4.69, 9.17) is 28.4 Å². The summed E-state index contributed by atoms with van der Waals surface area (Å²) in [6.45, 7) is 1.55. The van der Waals surface area contributed by atoms with Crippen LogP contribution in [0.25, 0.3) is 0 Å². The highest BCUT2D eigenvalue weighted by atomic mass is 16.8. The molecular formula is C69H117NO18. The molecule has 19 nitrogen and oxygen atoms in total. The van der Waals surface area contributed by atoms with Gasteiger partial charge < -0.3 is 89.9 Å². The van der Waals surface area contributed by atoms with Gasteiger partial charge in [0.15, 0.2) is 18.9 Å². The van der Waals surface area contributed by atoms with E-state index in [1.165, 1.54) is 89.9 Å². The summed E-state index contributed by atoms with van der Waals surface area (Å²) in [5.74, 6) is -0.324. The molecule has 19 heteroatoms. The van der Waals surface area contributed by atoms with Crippen molar-refractivity contribution in [2.45, 2.75) is 304 Å². The maximum atomic E-state index is 13.4. The molecule has 12 N–H and O–H groups in total. The van der Waals surface area contributed by atoms with E-state index in [9.17, 15) is 61.0 Å². The van der Waals surface area contributed by atoms with Gasteiger partial charge in [0.1, 0.15) is 73.2 Å². The molecule has 0 aliphatic carbocycles. The molecule has 3 rings (SSSR count). The van der Waals surface area contributed by atoms with Crippen LogP contribution in [0.15, 0.2) is 97.2 Å². The second kappa shape index (κ2) is 50.3. The van der Waals surface area contributed by atoms with E-state index < -0.39 is 131 Å². The molecule has 3 fully saturated rings. The molecule has 17 atom stereocenters. The zero-order chi connectivity index (χ0) is 64.0. The van der Waals surface area contributed by atoms with E-state index in [2.05, 4.69) is 104 Å². The van der Waals surface area contributed by atoms with Crippen LogP contribution >= 0.6 is 0 Å². The SMILES string of the molecule is CC/C=C\C/C=C\C/C=C\C/C=C\C/C=C\CCCCCC(=O)NC(COC1OC(CO)C(OC2OC(CO)C(OC3OC(CO)C(O)C(O)C3O)C(O)C2O)C(O)C1O)C(O)/C=C/CC/C=C/CC/C=C/CCCCCCCCCCCCCCCC. The van der Waals surface area contributed by atoms with Crippen molar-refractivity contribution in [1.29, 1.82) is 0 Å². The van der Waals surface area contributed by atoms with E-state index in [0.717, 1.165) is 77.0 Å². The van der Waals surface area contributed by atoms with Crippen LogP contribution in [0, 0.1) is 0 Å². The average molecular weight is 1250 g/mol. The largest absolute Gasteiger partial charge is 0.394 e. The lowest BCUT2D eigenvalue weighted by Crippen LogP contribution is -2.66. The van der Waals surface area contributed by atoms with Crippen LogP contribution in [0.4, 0.5) is 0 Å². The zero-order valence-corrected chi connectivity index (χ0v) is 53.2. The number of amides is 1. The van der Waals surface area contributed by atoms with Gasteiger partial charge in [-0.2, -0.15) is 0 Å². The van der Waals surface area contributed by atoms with Gasteiger partial charge in [-0.3, -0.25) is 4.79 Å². The first-order valence-electron chi connectivity index (χ1n) is 33.5.